The molecule has 3 rings (SSSR count). The van der Waals surface area contributed by atoms with Crippen molar-refractivity contribution in [2.75, 3.05) is 16.8 Å². The fourth-order valence-electron chi connectivity index (χ4n) is 2.64. The number of hydrogen-bond donors (Lipinski definition) is 2. The number of alkyl halides is 3. The average molecular weight is 413 g/mol. The van der Waals surface area contributed by atoms with Gasteiger partial charge in [-0.3, -0.25) is 9.48 Å². The molecule has 6 nitrogen and oxygen atoms in total. The summed E-state index contributed by atoms with van der Waals surface area (Å²) in [6.45, 7) is 0. The van der Waals surface area contributed by atoms with E-state index in [4.69, 9.17) is 5.73 Å². The van der Waals surface area contributed by atoms with Gasteiger partial charge in [0, 0.05) is 28.3 Å². The molecule has 142 valence electrons. The molecule has 2 heterocycles. The second-order valence-electron chi connectivity index (χ2n) is 5.77. The maximum absolute atomic E-state index is 12.4. The Morgan fingerprint density at radius 2 is 2.07 bits per heavy atom. The quantitative estimate of drug-likeness (QED) is 0.725. The largest absolute Gasteiger partial charge is 0.446 e. The number of amides is 1. The van der Waals surface area contributed by atoms with Crippen LogP contribution in [0.25, 0.3) is 0 Å². The van der Waals surface area contributed by atoms with Gasteiger partial charge >= 0.3 is 5.51 Å². The number of rotatable bonds is 5. The SMILES string of the molecule is N#C[C@@H]1CSCC1n1cc(C(N)=O)c(Nc2ccc(SC(F)(F)F)cc2)n1. The molecule has 0 saturated carbocycles. The van der Waals surface area contributed by atoms with E-state index >= 15 is 0 Å². The number of primary amides is 1. The van der Waals surface area contributed by atoms with Crippen LogP contribution in [0.3, 0.4) is 0 Å². The first-order valence-corrected chi connectivity index (χ1v) is 9.73. The van der Waals surface area contributed by atoms with Crippen LogP contribution in [0.4, 0.5) is 24.7 Å². The monoisotopic (exact) mass is 413 g/mol. The number of halogens is 3. The van der Waals surface area contributed by atoms with Gasteiger partial charge in [-0.1, -0.05) is 0 Å². The minimum Gasteiger partial charge on any atom is -0.365 e. The molecule has 0 aliphatic carbocycles. The Morgan fingerprint density at radius 3 is 2.67 bits per heavy atom. The zero-order valence-corrected chi connectivity index (χ0v) is 15.4. The third-order valence-corrected chi connectivity index (χ3v) is 5.82. The van der Waals surface area contributed by atoms with Gasteiger partial charge in [-0.15, -0.1) is 0 Å². The van der Waals surface area contributed by atoms with Crippen molar-refractivity contribution in [3.63, 3.8) is 0 Å². The number of carbonyl (C=O) groups excluding carboxylic acids is 1. The zero-order chi connectivity index (χ0) is 19.6. The molecular weight excluding hydrogens is 399 g/mol. The van der Waals surface area contributed by atoms with Gasteiger partial charge in [0.15, 0.2) is 5.82 Å². The van der Waals surface area contributed by atoms with E-state index in [0.717, 1.165) is 0 Å². The summed E-state index contributed by atoms with van der Waals surface area (Å²) in [6.07, 6.45) is 1.50. The van der Waals surface area contributed by atoms with E-state index < -0.39 is 11.4 Å². The molecule has 1 aliphatic heterocycles. The molecule has 1 aromatic carbocycles. The number of nitriles is 1. The normalized spacial score (nSPS) is 19.6. The number of hydrogen-bond acceptors (Lipinski definition) is 6. The minimum atomic E-state index is -4.36. The minimum absolute atomic E-state index is 0.0496. The Balaban J connectivity index is 1.82. The van der Waals surface area contributed by atoms with Gasteiger partial charge in [0.25, 0.3) is 5.91 Å². The molecule has 1 unspecified atom stereocenters. The summed E-state index contributed by atoms with van der Waals surface area (Å²) in [5, 5.41) is 16.5. The molecule has 1 fully saturated rings. The number of aromatic nitrogens is 2. The molecule has 2 aromatic rings. The highest BCUT2D eigenvalue weighted by atomic mass is 32.2. The Labute approximate surface area is 161 Å². The summed E-state index contributed by atoms with van der Waals surface area (Å²) < 4.78 is 38.8. The van der Waals surface area contributed by atoms with Gasteiger partial charge in [-0.05, 0) is 36.0 Å². The van der Waals surface area contributed by atoms with E-state index in [1.165, 1.54) is 30.5 Å². The van der Waals surface area contributed by atoms with Crippen molar-refractivity contribution in [3.8, 4) is 6.07 Å². The maximum atomic E-state index is 12.4. The molecule has 3 N–H and O–H groups in total. The first-order valence-electron chi connectivity index (χ1n) is 7.76. The second-order valence-corrected chi connectivity index (χ2v) is 7.99. The van der Waals surface area contributed by atoms with Crippen molar-refractivity contribution in [1.82, 2.24) is 9.78 Å². The first-order chi connectivity index (χ1) is 12.8. The second kappa shape index (κ2) is 7.74. The van der Waals surface area contributed by atoms with Gasteiger partial charge in [-0.25, -0.2) is 0 Å². The van der Waals surface area contributed by atoms with Gasteiger partial charge in [0.1, 0.15) is 5.56 Å². The lowest BCUT2D eigenvalue weighted by atomic mass is 10.1. The van der Waals surface area contributed by atoms with E-state index in [0.29, 0.717) is 17.2 Å². The van der Waals surface area contributed by atoms with Crippen molar-refractivity contribution >= 4 is 40.9 Å². The molecule has 2 atom stereocenters. The number of nitrogens with one attached hydrogen (secondary N) is 1. The molecule has 1 amide bonds. The van der Waals surface area contributed by atoms with E-state index in [9.17, 15) is 23.2 Å². The smallest absolute Gasteiger partial charge is 0.365 e. The van der Waals surface area contributed by atoms with Crippen LogP contribution in [0.15, 0.2) is 35.4 Å². The van der Waals surface area contributed by atoms with Gasteiger partial charge in [0.2, 0.25) is 0 Å². The summed E-state index contributed by atoms with van der Waals surface area (Å²) in [5.41, 5.74) is 1.67. The summed E-state index contributed by atoms with van der Waals surface area (Å²) in [6, 6.07) is 7.62. The number of nitrogens with two attached hydrogens (primary N) is 1. The number of carbonyl (C=O) groups is 1. The summed E-state index contributed by atoms with van der Waals surface area (Å²) >= 11 is 1.42. The van der Waals surface area contributed by atoms with Crippen LogP contribution < -0.4 is 11.1 Å². The van der Waals surface area contributed by atoms with Crippen LogP contribution in [-0.4, -0.2) is 32.7 Å². The Morgan fingerprint density at radius 1 is 1.37 bits per heavy atom. The van der Waals surface area contributed by atoms with E-state index in [-0.39, 0.29) is 40.0 Å². The highest BCUT2D eigenvalue weighted by Crippen LogP contribution is 2.37. The van der Waals surface area contributed by atoms with Crippen molar-refractivity contribution in [1.29, 1.82) is 5.26 Å². The van der Waals surface area contributed by atoms with Crippen LogP contribution >= 0.6 is 23.5 Å². The fourth-order valence-corrected chi connectivity index (χ4v) is 4.49. The average Bonchev–Trinajstić information content (AvgIpc) is 3.21. The lowest BCUT2D eigenvalue weighted by Crippen LogP contribution is -2.17. The fraction of sp³-hybridized carbons (Fsp3) is 0.312. The highest BCUT2D eigenvalue weighted by Gasteiger charge is 2.31. The van der Waals surface area contributed by atoms with E-state index in [1.54, 1.807) is 16.4 Å². The lowest BCUT2D eigenvalue weighted by molar-refractivity contribution is -0.0328. The molecule has 27 heavy (non-hydrogen) atoms. The number of anilines is 2. The summed E-state index contributed by atoms with van der Waals surface area (Å²) in [5.74, 6) is 0.677. The third kappa shape index (κ3) is 4.70. The molecule has 1 saturated heterocycles. The molecule has 1 aliphatic rings. The molecular formula is C16H14F3N5OS2. The molecule has 0 radical (unpaired) electrons. The number of thioether (sulfide) groups is 2. The van der Waals surface area contributed by atoms with Crippen molar-refractivity contribution in [2.45, 2.75) is 16.4 Å². The predicted molar refractivity (Wildman–Crippen MR) is 97.8 cm³/mol. The van der Waals surface area contributed by atoms with E-state index in [1.807, 2.05) is 0 Å². The Bertz CT molecular complexity index is 876. The summed E-state index contributed by atoms with van der Waals surface area (Å²) in [7, 11) is 0. The summed E-state index contributed by atoms with van der Waals surface area (Å²) in [4.78, 5) is 11.8. The maximum Gasteiger partial charge on any atom is 0.446 e. The molecule has 0 bridgehead atoms. The number of benzene rings is 1. The van der Waals surface area contributed by atoms with Gasteiger partial charge in [0.05, 0.1) is 18.0 Å². The van der Waals surface area contributed by atoms with Crippen LogP contribution in [-0.2, 0) is 0 Å². The highest BCUT2D eigenvalue weighted by molar-refractivity contribution is 8.00. The third-order valence-electron chi connectivity index (χ3n) is 3.90. The van der Waals surface area contributed by atoms with Crippen LogP contribution in [0.2, 0.25) is 0 Å². The van der Waals surface area contributed by atoms with Crippen LogP contribution in [0.1, 0.15) is 16.4 Å². The van der Waals surface area contributed by atoms with Crippen molar-refractivity contribution < 1.29 is 18.0 Å². The predicted octanol–water partition coefficient (Wildman–Crippen LogP) is 3.77. The van der Waals surface area contributed by atoms with Crippen molar-refractivity contribution in [2.24, 2.45) is 11.7 Å². The molecule has 1 aromatic heterocycles. The van der Waals surface area contributed by atoms with Crippen molar-refractivity contribution in [3.05, 3.63) is 36.0 Å². The topological polar surface area (TPSA) is 96.7 Å². The number of nitrogens with zero attached hydrogens (tertiary/aromatic N) is 3. The first kappa shape index (κ1) is 19.4. The zero-order valence-electron chi connectivity index (χ0n) is 13.7. The Kier molecular flexibility index (Phi) is 5.57. The standard InChI is InChI=1S/C16H14F3N5OS2/c17-16(18,19)27-11-3-1-10(2-4-11)22-15-12(14(21)25)6-24(23-15)13-8-26-7-9(13)5-20/h1-4,6,9,13H,7-8H2,(H2,21,25)(H,22,23)/t9-,13?/m1/s1. The van der Waals surface area contributed by atoms with E-state index in [2.05, 4.69) is 16.5 Å². The Hall–Kier alpha value is -2.32. The molecule has 0 spiro atoms. The van der Waals surface area contributed by atoms with Crippen LogP contribution in [0, 0.1) is 17.2 Å². The molecule has 11 heteroatoms. The van der Waals surface area contributed by atoms with Crippen LogP contribution in [0.5, 0.6) is 0 Å². The lowest BCUT2D eigenvalue weighted by Gasteiger charge is -2.12. The van der Waals surface area contributed by atoms with Gasteiger partial charge in [-0.2, -0.15) is 35.3 Å². The van der Waals surface area contributed by atoms with Gasteiger partial charge < -0.3 is 11.1 Å².